The highest BCUT2D eigenvalue weighted by Gasteiger charge is 2.19. The van der Waals surface area contributed by atoms with Crippen LogP contribution in [0.3, 0.4) is 0 Å². The summed E-state index contributed by atoms with van der Waals surface area (Å²) in [6.45, 7) is 17.2. The Bertz CT molecular complexity index is 814. The molecular weight excluding hydrogens is 356 g/mol. The molecule has 0 aliphatic carbocycles. The first-order valence-corrected chi connectivity index (χ1v) is 10.1. The van der Waals surface area contributed by atoms with Crippen LogP contribution in [-0.2, 0) is 0 Å². The molecule has 4 heteroatoms. The summed E-state index contributed by atoms with van der Waals surface area (Å²) < 4.78 is 0. The Kier molecular flexibility index (Phi) is 5.52. The Morgan fingerprint density at radius 2 is 0.931 bits per heavy atom. The zero-order valence-corrected chi connectivity index (χ0v) is 17.7. The van der Waals surface area contributed by atoms with Crippen LogP contribution in [0.1, 0.15) is 28.7 Å². The quantitative estimate of drug-likeness (QED) is 0.679. The van der Waals surface area contributed by atoms with Gasteiger partial charge in [-0.25, -0.2) is 0 Å². The van der Waals surface area contributed by atoms with Crippen molar-refractivity contribution in [1.82, 2.24) is 9.80 Å². The second-order valence-corrected chi connectivity index (χ2v) is 7.97. The molecule has 2 aromatic rings. The van der Waals surface area contributed by atoms with E-state index in [0.29, 0.717) is 0 Å². The highest BCUT2D eigenvalue weighted by atomic mass is 15.4. The fraction of sp³-hybridized carbons (Fsp3) is 0.280. The lowest BCUT2D eigenvalue weighted by Crippen LogP contribution is -2.24. The van der Waals surface area contributed by atoms with Crippen molar-refractivity contribution >= 4 is 11.4 Å². The second-order valence-electron chi connectivity index (χ2n) is 7.97. The number of nitrogens with zero attached hydrogens (tertiary/aromatic N) is 4. The summed E-state index contributed by atoms with van der Waals surface area (Å²) in [5, 5.41) is 0. The molecule has 4 radical (unpaired) electrons. The minimum absolute atomic E-state index is 0.924. The molecule has 0 aromatic heterocycles. The largest absolute Gasteiger partial charge is 0.346 e. The van der Waals surface area contributed by atoms with Gasteiger partial charge in [0, 0.05) is 49.3 Å². The summed E-state index contributed by atoms with van der Waals surface area (Å²) in [4.78, 5) is 8.38. The number of anilines is 2. The summed E-state index contributed by atoms with van der Waals surface area (Å²) in [6, 6.07) is 13.1. The molecule has 29 heavy (non-hydrogen) atoms. The minimum Gasteiger partial charge on any atom is -0.346 e. The first-order chi connectivity index (χ1) is 14.0. The molecule has 0 amide bonds. The van der Waals surface area contributed by atoms with Crippen LogP contribution in [-0.4, -0.2) is 22.9 Å². The third-order valence-corrected chi connectivity index (χ3v) is 5.03. The highest BCUT2D eigenvalue weighted by Crippen LogP contribution is 2.26. The van der Waals surface area contributed by atoms with Crippen molar-refractivity contribution in [2.75, 3.05) is 22.9 Å². The molecule has 2 aliphatic heterocycles. The van der Waals surface area contributed by atoms with E-state index in [2.05, 4.69) is 122 Å². The van der Waals surface area contributed by atoms with Crippen molar-refractivity contribution < 1.29 is 0 Å². The topological polar surface area (TPSA) is 13.0 Å². The standard InChI is InChI=1S/C25H28N4/c1-20-12-21(2)15-24(14-20)28-10-8-26(18-28)6-5-7-27-9-11-29(19-27)25-16-22(3)13-23(4)17-25/h8-17H,5-7H2,1-4H3. The smallest absolute Gasteiger partial charge is 0.212 e. The number of rotatable bonds is 6. The lowest BCUT2D eigenvalue weighted by molar-refractivity contribution is 0.392. The van der Waals surface area contributed by atoms with Crippen molar-refractivity contribution in [3.05, 3.63) is 96.8 Å². The number of hydrogen-bond donors (Lipinski definition) is 0. The first-order valence-electron chi connectivity index (χ1n) is 10.1. The van der Waals surface area contributed by atoms with Gasteiger partial charge in [0.05, 0.1) is 0 Å². The molecule has 148 valence electrons. The van der Waals surface area contributed by atoms with Gasteiger partial charge in [0.1, 0.15) is 0 Å². The molecule has 0 spiro atoms. The van der Waals surface area contributed by atoms with E-state index in [0.717, 1.165) is 30.9 Å². The molecule has 2 aliphatic rings. The van der Waals surface area contributed by atoms with E-state index in [-0.39, 0.29) is 0 Å². The van der Waals surface area contributed by atoms with E-state index in [1.54, 1.807) is 0 Å². The zero-order valence-electron chi connectivity index (χ0n) is 17.7. The molecule has 0 unspecified atom stereocenters. The molecular formula is C25H28N4. The van der Waals surface area contributed by atoms with Gasteiger partial charge in [-0.15, -0.1) is 0 Å². The molecule has 0 fully saturated rings. The van der Waals surface area contributed by atoms with Crippen LogP contribution in [0.2, 0.25) is 0 Å². The number of aryl methyl sites for hydroxylation is 4. The van der Waals surface area contributed by atoms with E-state index in [1.165, 1.54) is 22.3 Å². The Morgan fingerprint density at radius 1 is 0.552 bits per heavy atom. The van der Waals surface area contributed by atoms with E-state index in [9.17, 15) is 0 Å². The normalized spacial score (nSPS) is 15.9. The molecule has 0 N–H and O–H groups in total. The maximum absolute atomic E-state index is 3.42. The number of benzene rings is 2. The average molecular weight is 385 g/mol. The maximum Gasteiger partial charge on any atom is 0.212 e. The van der Waals surface area contributed by atoms with Crippen LogP contribution in [0.15, 0.2) is 61.2 Å². The molecule has 0 bridgehead atoms. The Balaban J connectivity index is 1.23. The molecule has 0 saturated carbocycles. The lowest BCUT2D eigenvalue weighted by atomic mass is 10.1. The summed E-state index contributed by atoms with van der Waals surface area (Å²) in [5.74, 6) is 0. The lowest BCUT2D eigenvalue weighted by Gasteiger charge is -2.22. The molecule has 0 saturated heterocycles. The summed E-state index contributed by atoms with van der Waals surface area (Å²) in [7, 11) is 0. The Labute approximate surface area is 175 Å². The second kappa shape index (κ2) is 8.24. The molecule has 4 nitrogen and oxygen atoms in total. The third kappa shape index (κ3) is 4.76. The van der Waals surface area contributed by atoms with Crippen molar-refractivity contribution in [3.63, 3.8) is 0 Å². The minimum atomic E-state index is 0.924. The SMILES string of the molecule is Cc1cc(C)cc(N2[C]N(CCCN3[C]N(c4cc(C)cc(C)c4)C=C3)C=C2)c1. The Morgan fingerprint density at radius 3 is 1.31 bits per heavy atom. The van der Waals surface area contributed by atoms with Crippen molar-refractivity contribution in [2.45, 2.75) is 34.1 Å². The molecule has 2 heterocycles. The summed E-state index contributed by atoms with van der Waals surface area (Å²) in [5.41, 5.74) is 7.41. The van der Waals surface area contributed by atoms with Gasteiger partial charge in [0.2, 0.25) is 13.3 Å². The fourth-order valence-electron chi connectivity index (χ4n) is 3.83. The van der Waals surface area contributed by atoms with Gasteiger partial charge < -0.3 is 19.6 Å². The van der Waals surface area contributed by atoms with Crippen molar-refractivity contribution in [3.8, 4) is 0 Å². The van der Waals surface area contributed by atoms with Crippen molar-refractivity contribution in [1.29, 1.82) is 0 Å². The maximum atomic E-state index is 3.42. The van der Waals surface area contributed by atoms with Gasteiger partial charge in [0.15, 0.2) is 0 Å². The first kappa shape index (κ1) is 19.4. The summed E-state index contributed by atoms with van der Waals surface area (Å²) >= 11 is 0. The van der Waals surface area contributed by atoms with Gasteiger partial charge in [-0.05, 0) is 80.6 Å². The van der Waals surface area contributed by atoms with Gasteiger partial charge in [-0.2, -0.15) is 0 Å². The van der Waals surface area contributed by atoms with E-state index in [4.69, 9.17) is 0 Å². The monoisotopic (exact) mass is 384 g/mol. The van der Waals surface area contributed by atoms with Crippen molar-refractivity contribution in [2.24, 2.45) is 0 Å². The van der Waals surface area contributed by atoms with Crippen LogP contribution in [0.4, 0.5) is 11.4 Å². The van der Waals surface area contributed by atoms with E-state index < -0.39 is 0 Å². The van der Waals surface area contributed by atoms with Crippen LogP contribution < -0.4 is 9.80 Å². The Hall–Kier alpha value is -2.88. The molecule has 2 aromatic carbocycles. The zero-order chi connectivity index (χ0) is 20.4. The van der Waals surface area contributed by atoms with Gasteiger partial charge >= 0.3 is 0 Å². The van der Waals surface area contributed by atoms with E-state index >= 15 is 0 Å². The summed E-state index contributed by atoms with van der Waals surface area (Å²) in [6.07, 6.45) is 9.35. The predicted octanol–water partition coefficient (Wildman–Crippen LogP) is 5.19. The predicted molar refractivity (Wildman–Crippen MR) is 120 cm³/mol. The van der Waals surface area contributed by atoms with Crippen LogP contribution in [0, 0.1) is 41.0 Å². The average Bonchev–Trinajstić information content (AvgIpc) is 3.30. The van der Waals surface area contributed by atoms with E-state index in [1.807, 2.05) is 0 Å². The fourth-order valence-corrected chi connectivity index (χ4v) is 3.83. The van der Waals surface area contributed by atoms with Crippen LogP contribution >= 0.6 is 0 Å². The third-order valence-electron chi connectivity index (χ3n) is 5.03. The molecule has 0 atom stereocenters. The van der Waals surface area contributed by atoms with Crippen LogP contribution in [0.5, 0.6) is 0 Å². The molecule has 4 rings (SSSR count). The van der Waals surface area contributed by atoms with Gasteiger partial charge in [-0.1, -0.05) is 12.1 Å². The van der Waals surface area contributed by atoms with Gasteiger partial charge in [-0.3, -0.25) is 0 Å². The highest BCUT2D eigenvalue weighted by molar-refractivity contribution is 5.56. The number of hydrogen-bond acceptors (Lipinski definition) is 4. The van der Waals surface area contributed by atoms with Gasteiger partial charge in [0.25, 0.3) is 0 Å². The van der Waals surface area contributed by atoms with Crippen LogP contribution in [0.25, 0.3) is 0 Å².